The second-order valence-electron chi connectivity index (χ2n) is 5.88. The maximum Gasteiger partial charge on any atom is 0.147 e. The van der Waals surface area contributed by atoms with Gasteiger partial charge in [-0.3, -0.25) is 0 Å². The first kappa shape index (κ1) is 14.3. The Morgan fingerprint density at radius 3 is 2.91 bits per heavy atom. The van der Waals surface area contributed by atoms with Gasteiger partial charge in [0.25, 0.3) is 0 Å². The number of fused-ring (bicyclic) bond motifs is 3. The van der Waals surface area contributed by atoms with Crippen LogP contribution in [0.15, 0.2) is 53.0 Å². The van der Waals surface area contributed by atoms with Gasteiger partial charge in [0.1, 0.15) is 5.82 Å². The fraction of sp³-hybridized carbons (Fsp3) is 0.222. The lowest BCUT2D eigenvalue weighted by Gasteiger charge is -2.37. The van der Waals surface area contributed by atoms with Crippen LogP contribution in [-0.4, -0.2) is 0 Å². The third kappa shape index (κ3) is 2.27. The highest BCUT2D eigenvalue weighted by molar-refractivity contribution is 9.10. The number of benzene rings is 2. The Bertz CT molecular complexity index is 774. The van der Waals surface area contributed by atoms with Crippen molar-refractivity contribution in [3.63, 3.8) is 0 Å². The van der Waals surface area contributed by atoms with E-state index in [0.29, 0.717) is 16.6 Å². The van der Waals surface area contributed by atoms with E-state index in [9.17, 15) is 4.39 Å². The van der Waals surface area contributed by atoms with Crippen molar-refractivity contribution in [1.82, 2.24) is 0 Å². The number of rotatable bonds is 1. The van der Waals surface area contributed by atoms with Crippen LogP contribution in [0.4, 0.5) is 10.1 Å². The summed E-state index contributed by atoms with van der Waals surface area (Å²) in [6, 6.07) is 11.4. The highest BCUT2D eigenvalue weighted by atomic mass is 79.9. The molecule has 0 saturated heterocycles. The molecule has 0 radical (unpaired) electrons. The van der Waals surface area contributed by atoms with Crippen molar-refractivity contribution in [2.24, 2.45) is 5.92 Å². The van der Waals surface area contributed by atoms with Gasteiger partial charge in [0.15, 0.2) is 0 Å². The van der Waals surface area contributed by atoms with Crippen LogP contribution in [0.1, 0.15) is 29.5 Å². The first-order valence-electron chi connectivity index (χ1n) is 7.31. The fourth-order valence-electron chi connectivity index (χ4n) is 3.65. The minimum atomic E-state index is -0.213. The molecule has 0 spiro atoms. The molecule has 1 aliphatic heterocycles. The Morgan fingerprint density at radius 2 is 2.09 bits per heavy atom. The highest BCUT2D eigenvalue weighted by Crippen LogP contribution is 2.51. The molecule has 1 aliphatic carbocycles. The predicted molar refractivity (Wildman–Crippen MR) is 91.9 cm³/mol. The van der Waals surface area contributed by atoms with E-state index in [-0.39, 0.29) is 17.8 Å². The number of halogens is 3. The molecule has 0 aromatic heterocycles. The summed E-state index contributed by atoms with van der Waals surface area (Å²) in [5.41, 5.74) is 2.75. The lowest BCUT2D eigenvalue weighted by atomic mass is 9.77. The van der Waals surface area contributed by atoms with Crippen LogP contribution < -0.4 is 5.32 Å². The molecule has 112 valence electrons. The fourth-order valence-corrected chi connectivity index (χ4v) is 4.30. The van der Waals surface area contributed by atoms with Crippen molar-refractivity contribution in [3.05, 3.63) is 75.0 Å². The van der Waals surface area contributed by atoms with E-state index in [0.717, 1.165) is 22.0 Å². The Kier molecular flexibility index (Phi) is 3.50. The highest BCUT2D eigenvalue weighted by Gasteiger charge is 2.39. The Hall–Kier alpha value is -1.32. The van der Waals surface area contributed by atoms with E-state index < -0.39 is 0 Å². The van der Waals surface area contributed by atoms with Crippen LogP contribution in [0.25, 0.3) is 0 Å². The molecule has 1 N–H and O–H groups in total. The molecule has 4 heteroatoms. The zero-order valence-corrected chi connectivity index (χ0v) is 14.0. The third-order valence-electron chi connectivity index (χ3n) is 4.59. The minimum Gasteiger partial charge on any atom is -0.375 e. The Morgan fingerprint density at radius 1 is 1.23 bits per heavy atom. The molecule has 2 aromatic carbocycles. The molecule has 4 rings (SSSR count). The van der Waals surface area contributed by atoms with E-state index in [4.69, 9.17) is 11.6 Å². The summed E-state index contributed by atoms with van der Waals surface area (Å²) in [5.74, 6) is 0.419. The molecule has 0 saturated carbocycles. The quantitative estimate of drug-likeness (QED) is 0.594. The summed E-state index contributed by atoms with van der Waals surface area (Å²) < 4.78 is 15.2. The van der Waals surface area contributed by atoms with Gasteiger partial charge >= 0.3 is 0 Å². The van der Waals surface area contributed by atoms with Gasteiger partial charge < -0.3 is 5.32 Å². The van der Waals surface area contributed by atoms with Gasteiger partial charge in [-0.05, 0) is 47.7 Å². The summed E-state index contributed by atoms with van der Waals surface area (Å²) in [5, 5.41) is 4.12. The smallest absolute Gasteiger partial charge is 0.147 e. The number of allylic oxidation sites excluding steroid dienone is 2. The lowest BCUT2D eigenvalue weighted by molar-refractivity contribution is 0.420. The molecule has 0 fully saturated rings. The van der Waals surface area contributed by atoms with Crippen molar-refractivity contribution in [2.75, 3.05) is 5.32 Å². The number of hydrogen-bond donors (Lipinski definition) is 1. The molecule has 2 aromatic rings. The Labute approximate surface area is 142 Å². The van der Waals surface area contributed by atoms with Gasteiger partial charge in [-0.15, -0.1) is 0 Å². The van der Waals surface area contributed by atoms with Crippen molar-refractivity contribution in [1.29, 1.82) is 0 Å². The van der Waals surface area contributed by atoms with Gasteiger partial charge in [-0.1, -0.05) is 51.8 Å². The number of nitrogens with one attached hydrogen (secondary N) is 1. The van der Waals surface area contributed by atoms with E-state index in [1.54, 1.807) is 0 Å². The SMILES string of the molecule is Fc1cc(Br)cc2c1N[C@H](c1cccc(Cl)c1)[C@H]1CC=C[C@H]21. The van der Waals surface area contributed by atoms with Gasteiger partial charge in [0.2, 0.25) is 0 Å². The predicted octanol–water partition coefficient (Wildman–Crippen LogP) is 6.07. The van der Waals surface area contributed by atoms with Crippen molar-refractivity contribution >= 4 is 33.2 Å². The molecular weight excluding hydrogens is 365 g/mol. The van der Waals surface area contributed by atoms with Crippen LogP contribution in [0.2, 0.25) is 5.02 Å². The van der Waals surface area contributed by atoms with E-state index in [1.165, 1.54) is 6.07 Å². The average Bonchev–Trinajstić information content (AvgIpc) is 2.96. The van der Waals surface area contributed by atoms with Crippen molar-refractivity contribution in [2.45, 2.75) is 18.4 Å². The first-order chi connectivity index (χ1) is 10.6. The maximum absolute atomic E-state index is 14.4. The molecule has 1 nitrogen and oxygen atoms in total. The van der Waals surface area contributed by atoms with Crippen LogP contribution in [-0.2, 0) is 0 Å². The van der Waals surface area contributed by atoms with E-state index in [2.05, 4.69) is 39.5 Å². The van der Waals surface area contributed by atoms with Gasteiger partial charge in [-0.25, -0.2) is 4.39 Å². The molecule has 22 heavy (non-hydrogen) atoms. The Balaban J connectivity index is 1.84. The summed E-state index contributed by atoms with van der Waals surface area (Å²) >= 11 is 9.53. The van der Waals surface area contributed by atoms with Crippen molar-refractivity contribution < 1.29 is 4.39 Å². The van der Waals surface area contributed by atoms with Crippen LogP contribution >= 0.6 is 27.5 Å². The van der Waals surface area contributed by atoms with Crippen LogP contribution in [0.5, 0.6) is 0 Å². The molecule has 0 bridgehead atoms. The average molecular weight is 379 g/mol. The topological polar surface area (TPSA) is 12.0 Å². The zero-order chi connectivity index (χ0) is 15.3. The summed E-state index contributed by atoms with van der Waals surface area (Å²) in [7, 11) is 0. The molecule has 3 atom stereocenters. The third-order valence-corrected chi connectivity index (χ3v) is 5.29. The first-order valence-corrected chi connectivity index (χ1v) is 8.48. The number of hydrogen-bond acceptors (Lipinski definition) is 1. The van der Waals surface area contributed by atoms with Gasteiger partial charge in [-0.2, -0.15) is 0 Å². The molecule has 0 unspecified atom stereocenters. The van der Waals surface area contributed by atoms with E-state index in [1.807, 2.05) is 24.3 Å². The zero-order valence-electron chi connectivity index (χ0n) is 11.7. The molecule has 2 aliphatic rings. The molecular formula is C18H14BrClFN. The molecule has 1 heterocycles. The standard InChI is InChI=1S/C18H14BrClFN/c19-11-8-15-13-5-2-6-14(13)17(22-18(15)16(21)9-11)10-3-1-4-12(20)7-10/h1-5,7-9,13-14,17,22H,6H2/t13-,14-,17+/m0/s1. The van der Waals surface area contributed by atoms with Gasteiger partial charge in [0, 0.05) is 15.4 Å². The van der Waals surface area contributed by atoms with Gasteiger partial charge in [0.05, 0.1) is 11.7 Å². The summed E-state index contributed by atoms with van der Waals surface area (Å²) in [6.07, 6.45) is 5.39. The number of anilines is 1. The van der Waals surface area contributed by atoms with Crippen LogP contribution in [0, 0.1) is 11.7 Å². The summed E-state index contributed by atoms with van der Waals surface area (Å²) in [4.78, 5) is 0. The van der Waals surface area contributed by atoms with E-state index >= 15 is 0 Å². The van der Waals surface area contributed by atoms with Crippen LogP contribution in [0.3, 0.4) is 0 Å². The summed E-state index contributed by atoms with van der Waals surface area (Å²) in [6.45, 7) is 0. The van der Waals surface area contributed by atoms with Crippen molar-refractivity contribution in [3.8, 4) is 0 Å². The second kappa shape index (κ2) is 5.39. The monoisotopic (exact) mass is 377 g/mol. The lowest BCUT2D eigenvalue weighted by Crippen LogP contribution is -2.29. The largest absolute Gasteiger partial charge is 0.375 e. The second-order valence-corrected chi connectivity index (χ2v) is 7.23. The maximum atomic E-state index is 14.4. The molecule has 0 amide bonds. The normalized spacial score (nSPS) is 25.5. The minimum absolute atomic E-state index is 0.0712.